The highest BCUT2D eigenvalue weighted by molar-refractivity contribution is 7.14. The molecular formula is C13H14N2O3S. The number of thiazole rings is 1. The number of hydrogen-bond acceptors (Lipinski definition) is 6. The number of aromatic nitrogens is 2. The van der Waals surface area contributed by atoms with Crippen LogP contribution in [0.5, 0.6) is 0 Å². The van der Waals surface area contributed by atoms with Crippen LogP contribution < -0.4 is 0 Å². The van der Waals surface area contributed by atoms with Crippen molar-refractivity contribution in [1.29, 1.82) is 0 Å². The maximum absolute atomic E-state index is 11.9. The van der Waals surface area contributed by atoms with Gasteiger partial charge in [0.25, 0.3) is 0 Å². The molecule has 100 valence electrons. The Balaban J connectivity index is 1.98. The molecule has 19 heavy (non-hydrogen) atoms. The van der Waals surface area contributed by atoms with E-state index >= 15 is 0 Å². The zero-order valence-corrected chi connectivity index (χ0v) is 11.6. The standard InChI is InChI=1S/C13H14N2O3S/c1-3-17-13(16)11-10(8-4-5-8)15-12(18-11)9-6-14-7(2)19-9/h6,8H,3-5H2,1-2H3. The Kier molecular flexibility index (Phi) is 3.10. The van der Waals surface area contributed by atoms with Gasteiger partial charge in [-0.2, -0.15) is 0 Å². The van der Waals surface area contributed by atoms with Gasteiger partial charge in [0.15, 0.2) is 0 Å². The highest BCUT2D eigenvalue weighted by atomic mass is 32.1. The summed E-state index contributed by atoms with van der Waals surface area (Å²) >= 11 is 1.50. The molecule has 0 aromatic carbocycles. The molecule has 1 aliphatic carbocycles. The molecule has 0 bridgehead atoms. The summed E-state index contributed by atoms with van der Waals surface area (Å²) in [6, 6.07) is 0. The van der Waals surface area contributed by atoms with Crippen molar-refractivity contribution in [2.45, 2.75) is 32.6 Å². The van der Waals surface area contributed by atoms with Crippen LogP contribution >= 0.6 is 11.3 Å². The number of aryl methyl sites for hydroxylation is 1. The van der Waals surface area contributed by atoms with E-state index in [2.05, 4.69) is 9.97 Å². The molecule has 0 spiro atoms. The number of nitrogens with zero attached hydrogens (tertiary/aromatic N) is 2. The van der Waals surface area contributed by atoms with Gasteiger partial charge in [-0.25, -0.2) is 14.8 Å². The van der Waals surface area contributed by atoms with Gasteiger partial charge >= 0.3 is 5.97 Å². The quantitative estimate of drug-likeness (QED) is 0.804. The zero-order valence-electron chi connectivity index (χ0n) is 10.8. The van der Waals surface area contributed by atoms with Gasteiger partial charge in [0, 0.05) is 5.92 Å². The van der Waals surface area contributed by atoms with Crippen LogP contribution in [0.1, 0.15) is 46.9 Å². The first-order valence-corrected chi connectivity index (χ1v) is 7.11. The summed E-state index contributed by atoms with van der Waals surface area (Å²) in [5.41, 5.74) is 0.736. The lowest BCUT2D eigenvalue weighted by molar-refractivity contribution is 0.0489. The normalized spacial score (nSPS) is 14.6. The minimum Gasteiger partial charge on any atom is -0.460 e. The van der Waals surface area contributed by atoms with Gasteiger partial charge in [-0.05, 0) is 26.7 Å². The lowest BCUT2D eigenvalue weighted by Gasteiger charge is -1.98. The van der Waals surface area contributed by atoms with Gasteiger partial charge in [-0.3, -0.25) is 0 Å². The molecule has 2 aromatic heterocycles. The van der Waals surface area contributed by atoms with Crippen molar-refractivity contribution < 1.29 is 13.9 Å². The second-order valence-corrected chi connectivity index (χ2v) is 5.71. The lowest BCUT2D eigenvalue weighted by atomic mass is 10.2. The first-order chi connectivity index (χ1) is 9.19. The van der Waals surface area contributed by atoms with Gasteiger partial charge in [-0.15, -0.1) is 11.3 Å². The van der Waals surface area contributed by atoms with Crippen molar-refractivity contribution >= 4 is 17.3 Å². The van der Waals surface area contributed by atoms with Crippen molar-refractivity contribution in [1.82, 2.24) is 9.97 Å². The SMILES string of the molecule is CCOC(=O)c1oc(-c2cnc(C)s2)nc1C1CC1. The van der Waals surface area contributed by atoms with E-state index in [-0.39, 0.29) is 5.76 Å². The molecule has 1 saturated carbocycles. The molecule has 0 radical (unpaired) electrons. The Hall–Kier alpha value is -1.69. The summed E-state index contributed by atoms with van der Waals surface area (Å²) in [7, 11) is 0. The molecular weight excluding hydrogens is 264 g/mol. The summed E-state index contributed by atoms with van der Waals surface area (Å²) in [4.78, 5) is 21.4. The average Bonchev–Trinajstić information content (AvgIpc) is 2.98. The number of carbonyl (C=O) groups excluding carboxylic acids is 1. The predicted molar refractivity (Wildman–Crippen MR) is 70.3 cm³/mol. The van der Waals surface area contributed by atoms with Gasteiger partial charge in [0.1, 0.15) is 4.88 Å². The second-order valence-electron chi connectivity index (χ2n) is 4.47. The van der Waals surface area contributed by atoms with Gasteiger partial charge in [0.05, 0.1) is 23.5 Å². The van der Waals surface area contributed by atoms with E-state index in [0.29, 0.717) is 18.4 Å². The molecule has 0 saturated heterocycles. The molecule has 2 heterocycles. The Labute approximate surface area is 114 Å². The first-order valence-electron chi connectivity index (χ1n) is 6.29. The lowest BCUT2D eigenvalue weighted by Crippen LogP contribution is -2.05. The molecule has 3 rings (SSSR count). The maximum atomic E-state index is 11.9. The Bertz CT molecular complexity index is 613. The Morgan fingerprint density at radius 2 is 2.37 bits per heavy atom. The van der Waals surface area contributed by atoms with Crippen molar-refractivity contribution in [2.75, 3.05) is 6.61 Å². The maximum Gasteiger partial charge on any atom is 0.376 e. The molecule has 0 N–H and O–H groups in total. The third-order valence-corrected chi connectivity index (χ3v) is 3.81. The van der Waals surface area contributed by atoms with Crippen LogP contribution in [0.25, 0.3) is 10.8 Å². The molecule has 0 amide bonds. The van der Waals surface area contributed by atoms with Crippen LogP contribution in [0.3, 0.4) is 0 Å². The van der Waals surface area contributed by atoms with E-state index in [1.54, 1.807) is 13.1 Å². The van der Waals surface area contributed by atoms with Gasteiger partial charge < -0.3 is 9.15 Å². The Morgan fingerprint density at radius 3 is 2.95 bits per heavy atom. The third kappa shape index (κ3) is 2.40. The van der Waals surface area contributed by atoms with E-state index in [4.69, 9.17) is 9.15 Å². The average molecular weight is 278 g/mol. The number of rotatable bonds is 4. The minimum atomic E-state index is -0.426. The molecule has 0 atom stereocenters. The van der Waals surface area contributed by atoms with Crippen molar-refractivity contribution in [2.24, 2.45) is 0 Å². The molecule has 0 unspecified atom stereocenters. The van der Waals surface area contributed by atoms with E-state index in [1.807, 2.05) is 6.92 Å². The fourth-order valence-corrected chi connectivity index (χ4v) is 2.58. The van der Waals surface area contributed by atoms with Crippen molar-refractivity contribution in [3.05, 3.63) is 22.7 Å². The number of carbonyl (C=O) groups is 1. The fraction of sp³-hybridized carbons (Fsp3) is 0.462. The van der Waals surface area contributed by atoms with Crippen LogP contribution in [0.15, 0.2) is 10.6 Å². The summed E-state index contributed by atoms with van der Waals surface area (Å²) < 4.78 is 10.6. The van der Waals surface area contributed by atoms with Crippen LogP contribution in [-0.2, 0) is 4.74 Å². The highest BCUT2D eigenvalue weighted by Gasteiger charge is 2.34. The monoisotopic (exact) mass is 278 g/mol. The molecule has 1 fully saturated rings. The van der Waals surface area contributed by atoms with Crippen LogP contribution in [-0.4, -0.2) is 22.5 Å². The molecule has 5 nitrogen and oxygen atoms in total. The van der Waals surface area contributed by atoms with Gasteiger partial charge in [0.2, 0.25) is 11.7 Å². The highest BCUT2D eigenvalue weighted by Crippen LogP contribution is 2.43. The van der Waals surface area contributed by atoms with Gasteiger partial charge in [-0.1, -0.05) is 0 Å². The van der Waals surface area contributed by atoms with E-state index in [0.717, 1.165) is 28.4 Å². The molecule has 6 heteroatoms. The third-order valence-electron chi connectivity index (χ3n) is 2.91. The van der Waals surface area contributed by atoms with E-state index < -0.39 is 5.97 Å². The summed E-state index contributed by atoms with van der Waals surface area (Å²) in [6.45, 7) is 4.03. The molecule has 2 aromatic rings. The predicted octanol–water partition coefficient (Wildman–Crippen LogP) is 3.16. The summed E-state index contributed by atoms with van der Waals surface area (Å²) in [5.74, 6) is 0.635. The first kappa shape index (κ1) is 12.3. The fourth-order valence-electron chi connectivity index (χ4n) is 1.87. The van der Waals surface area contributed by atoms with Crippen molar-refractivity contribution in [3.63, 3.8) is 0 Å². The zero-order chi connectivity index (χ0) is 13.4. The van der Waals surface area contributed by atoms with Crippen LogP contribution in [0.4, 0.5) is 0 Å². The smallest absolute Gasteiger partial charge is 0.376 e. The molecule has 0 aliphatic heterocycles. The topological polar surface area (TPSA) is 65.2 Å². The number of esters is 1. The minimum absolute atomic E-state index is 0.255. The number of oxazole rings is 1. The second kappa shape index (κ2) is 4.77. The van der Waals surface area contributed by atoms with E-state index in [9.17, 15) is 4.79 Å². The summed E-state index contributed by atoms with van der Waals surface area (Å²) in [6.07, 6.45) is 3.83. The Morgan fingerprint density at radius 1 is 1.58 bits per heavy atom. The molecule has 1 aliphatic rings. The summed E-state index contributed by atoms with van der Waals surface area (Å²) in [5, 5.41) is 0.943. The van der Waals surface area contributed by atoms with Crippen molar-refractivity contribution in [3.8, 4) is 10.8 Å². The van der Waals surface area contributed by atoms with E-state index in [1.165, 1.54) is 11.3 Å². The number of ether oxygens (including phenoxy) is 1. The van der Waals surface area contributed by atoms with Crippen LogP contribution in [0, 0.1) is 6.92 Å². The number of hydrogen-bond donors (Lipinski definition) is 0. The largest absolute Gasteiger partial charge is 0.460 e. The van der Waals surface area contributed by atoms with Crippen LogP contribution in [0.2, 0.25) is 0 Å².